The highest BCUT2D eigenvalue weighted by molar-refractivity contribution is 5.98. The molecule has 0 aliphatic carbocycles. The molecule has 1 fully saturated rings. The van der Waals surface area contributed by atoms with Gasteiger partial charge in [0.2, 0.25) is 11.8 Å². The molecular weight excluding hydrogens is 722 g/mol. The molecule has 16 nitrogen and oxygen atoms in total. The van der Waals surface area contributed by atoms with Crippen molar-refractivity contribution in [3.8, 4) is 0 Å². The van der Waals surface area contributed by atoms with Crippen LogP contribution in [-0.4, -0.2) is 79.1 Å². The third-order valence-corrected chi connectivity index (χ3v) is 9.45. The van der Waals surface area contributed by atoms with Crippen molar-refractivity contribution in [1.82, 2.24) is 20.9 Å². The molecule has 4 amide bonds. The van der Waals surface area contributed by atoms with E-state index >= 15 is 0 Å². The molecule has 5 rings (SSSR count). The summed E-state index contributed by atoms with van der Waals surface area (Å²) in [6.07, 6.45) is -0.812. The number of anilines is 2. The first kappa shape index (κ1) is 41.4. The normalized spacial score (nSPS) is 14.9. The number of fused-ring (bicyclic) bond motifs is 1. The number of amides is 4. The minimum absolute atomic E-state index is 0.0323. The first-order chi connectivity index (χ1) is 26.9. The van der Waals surface area contributed by atoms with Crippen LogP contribution in [0.5, 0.6) is 0 Å². The van der Waals surface area contributed by atoms with Gasteiger partial charge in [-0.3, -0.25) is 26.0 Å². The molecule has 1 aliphatic heterocycles. The Labute approximate surface area is 324 Å². The fourth-order valence-electron chi connectivity index (χ4n) is 6.36. The van der Waals surface area contributed by atoms with E-state index in [9.17, 15) is 29.1 Å². The number of ether oxygens (including phenoxy) is 2. The van der Waals surface area contributed by atoms with Crippen LogP contribution in [0.15, 0.2) is 88.1 Å². The van der Waals surface area contributed by atoms with Crippen LogP contribution < -0.4 is 37.9 Å². The summed E-state index contributed by atoms with van der Waals surface area (Å²) in [4.78, 5) is 66.9. The lowest BCUT2D eigenvalue weighted by molar-refractivity contribution is -0.129. The van der Waals surface area contributed by atoms with Gasteiger partial charge in [0.15, 0.2) is 6.35 Å². The summed E-state index contributed by atoms with van der Waals surface area (Å²) in [7, 11) is 1.99. The van der Waals surface area contributed by atoms with Gasteiger partial charge in [-0.1, -0.05) is 42.5 Å². The molecule has 1 aromatic heterocycles. The fourth-order valence-corrected chi connectivity index (χ4v) is 6.36. The Morgan fingerprint density at radius 1 is 0.857 bits per heavy atom. The number of aliphatic hydroxyl groups is 1. The van der Waals surface area contributed by atoms with E-state index in [1.165, 1.54) is 6.07 Å². The summed E-state index contributed by atoms with van der Waals surface area (Å²) in [5, 5.41) is 23.9. The van der Waals surface area contributed by atoms with Crippen LogP contribution >= 0.6 is 0 Å². The van der Waals surface area contributed by atoms with Crippen LogP contribution in [0.2, 0.25) is 0 Å². The molecule has 1 aliphatic rings. The monoisotopic (exact) mass is 771 g/mol. The Balaban J connectivity index is 1.19. The Bertz CT molecular complexity index is 2000. The zero-order chi connectivity index (χ0) is 40.0. The SMILES string of the molecule is Cc1cc(=O)oc2cc(NC(=O)OCc3ccc(NC(=O)[C@H](CCCNC(N)O)NC(=O)[C@@H](NC(=O)OCc4ccccc4)C4CCN(C)CC4)cc3)ccc12. The molecule has 0 bridgehead atoms. The second-order valence-corrected chi connectivity index (χ2v) is 13.8. The Morgan fingerprint density at radius 2 is 1.52 bits per heavy atom. The number of hydrogen-bond acceptors (Lipinski definition) is 12. The van der Waals surface area contributed by atoms with E-state index in [1.54, 1.807) is 49.4 Å². The molecule has 0 radical (unpaired) electrons. The quantitative estimate of drug-likeness (QED) is 0.0494. The molecule has 0 spiro atoms. The molecule has 0 saturated carbocycles. The van der Waals surface area contributed by atoms with Gasteiger partial charge in [0, 0.05) is 28.9 Å². The second-order valence-electron chi connectivity index (χ2n) is 13.8. The summed E-state index contributed by atoms with van der Waals surface area (Å²) in [5.41, 5.74) is 8.27. The van der Waals surface area contributed by atoms with Crippen LogP contribution in [-0.2, 0) is 32.3 Å². The van der Waals surface area contributed by atoms with E-state index in [0.29, 0.717) is 41.8 Å². The van der Waals surface area contributed by atoms with Crippen LogP contribution in [0.1, 0.15) is 42.4 Å². The maximum absolute atomic E-state index is 13.9. The maximum atomic E-state index is 13.9. The van der Waals surface area contributed by atoms with Crippen molar-refractivity contribution in [3.05, 3.63) is 106 Å². The van der Waals surface area contributed by atoms with Gasteiger partial charge in [-0.25, -0.2) is 14.4 Å². The molecule has 3 atom stereocenters. The van der Waals surface area contributed by atoms with Crippen molar-refractivity contribution in [3.63, 3.8) is 0 Å². The zero-order valence-electron chi connectivity index (χ0n) is 31.4. The molecule has 56 heavy (non-hydrogen) atoms. The van der Waals surface area contributed by atoms with E-state index in [-0.39, 0.29) is 32.1 Å². The van der Waals surface area contributed by atoms with Gasteiger partial charge < -0.3 is 39.8 Å². The summed E-state index contributed by atoms with van der Waals surface area (Å²) in [6.45, 7) is 3.51. The van der Waals surface area contributed by atoms with Crippen LogP contribution in [0.4, 0.5) is 21.0 Å². The van der Waals surface area contributed by atoms with Gasteiger partial charge in [-0.05, 0) is 106 Å². The molecular formula is C40H49N7O9. The summed E-state index contributed by atoms with van der Waals surface area (Å²) in [6, 6.07) is 20.2. The number of hydrogen-bond donors (Lipinski definition) is 7. The van der Waals surface area contributed by atoms with Gasteiger partial charge in [0.25, 0.3) is 0 Å². The molecule has 16 heteroatoms. The lowest BCUT2D eigenvalue weighted by atomic mass is 9.88. The highest BCUT2D eigenvalue weighted by atomic mass is 16.6. The number of likely N-dealkylation sites (tertiary alicyclic amines) is 1. The highest BCUT2D eigenvalue weighted by Crippen LogP contribution is 2.23. The van der Waals surface area contributed by atoms with Gasteiger partial charge in [-0.15, -0.1) is 0 Å². The average Bonchev–Trinajstić information content (AvgIpc) is 3.17. The number of aryl methyl sites for hydroxylation is 1. The Kier molecular flexibility index (Phi) is 14.9. The lowest BCUT2D eigenvalue weighted by Gasteiger charge is -2.34. The molecule has 2 heterocycles. The highest BCUT2D eigenvalue weighted by Gasteiger charge is 2.34. The molecule has 8 N–H and O–H groups in total. The minimum atomic E-state index is -1.24. The summed E-state index contributed by atoms with van der Waals surface area (Å²) in [5.74, 6) is -1.20. The minimum Gasteiger partial charge on any atom is -0.445 e. The first-order valence-corrected chi connectivity index (χ1v) is 18.4. The van der Waals surface area contributed by atoms with Crippen molar-refractivity contribution in [1.29, 1.82) is 0 Å². The maximum Gasteiger partial charge on any atom is 0.411 e. The van der Waals surface area contributed by atoms with Gasteiger partial charge in [0.05, 0.1) is 0 Å². The Morgan fingerprint density at radius 3 is 2.21 bits per heavy atom. The van der Waals surface area contributed by atoms with Crippen molar-refractivity contribution in [2.75, 3.05) is 37.3 Å². The average molecular weight is 772 g/mol. The lowest BCUT2D eigenvalue weighted by Crippen LogP contribution is -2.56. The number of piperidine rings is 1. The predicted octanol–water partition coefficient (Wildman–Crippen LogP) is 3.51. The van der Waals surface area contributed by atoms with E-state index in [0.717, 1.165) is 29.6 Å². The topological polar surface area (TPSA) is 227 Å². The molecule has 298 valence electrons. The number of aliphatic hydroxyl groups excluding tert-OH is 1. The predicted molar refractivity (Wildman–Crippen MR) is 209 cm³/mol. The fraction of sp³-hybridized carbons (Fsp3) is 0.375. The third kappa shape index (κ3) is 12.6. The Hall–Kier alpha value is -5.81. The van der Waals surface area contributed by atoms with Crippen LogP contribution in [0, 0.1) is 12.8 Å². The van der Waals surface area contributed by atoms with E-state index in [1.807, 2.05) is 37.4 Å². The number of carbonyl (C=O) groups is 4. The standard InChI is InChI=1S/C40H49N7O9/c1-25-21-34(48)56-33-22-30(14-15-31(25)33)44-39(52)54-24-27-10-12-29(13-11-27)43-36(49)32(9-6-18-42-38(41)51)45-37(50)35(28-16-19-47(2)20-17-28)46-40(53)55-23-26-7-4-3-5-8-26/h3-5,7-8,10-15,21-22,28,32,35,38,42,51H,6,9,16-20,23-24,41H2,1-2H3,(H,43,49)(H,44,52)(H,45,50)(H,46,53)/t32-,35-,38?/m0/s1. The number of nitrogens with one attached hydrogen (secondary N) is 5. The van der Waals surface area contributed by atoms with Crippen molar-refractivity contribution >= 4 is 46.3 Å². The van der Waals surface area contributed by atoms with E-state index in [2.05, 4.69) is 31.5 Å². The number of nitrogens with zero attached hydrogens (tertiary/aromatic N) is 1. The number of nitrogens with two attached hydrogens (primary N) is 1. The largest absolute Gasteiger partial charge is 0.445 e. The van der Waals surface area contributed by atoms with Gasteiger partial charge in [-0.2, -0.15) is 0 Å². The molecule has 4 aromatic rings. The van der Waals surface area contributed by atoms with Gasteiger partial charge in [0.1, 0.15) is 30.9 Å². The third-order valence-electron chi connectivity index (χ3n) is 9.45. The van der Waals surface area contributed by atoms with Gasteiger partial charge >= 0.3 is 17.8 Å². The van der Waals surface area contributed by atoms with Crippen molar-refractivity contribution in [2.24, 2.45) is 11.7 Å². The van der Waals surface area contributed by atoms with Crippen LogP contribution in [0.3, 0.4) is 0 Å². The molecule has 1 unspecified atom stereocenters. The van der Waals surface area contributed by atoms with E-state index < -0.39 is 48.1 Å². The number of alkyl carbamates (subject to hydrolysis) is 1. The summed E-state index contributed by atoms with van der Waals surface area (Å²) >= 11 is 0. The van der Waals surface area contributed by atoms with Crippen molar-refractivity contribution < 1.29 is 38.2 Å². The second kappa shape index (κ2) is 20.2. The molecule has 3 aromatic carbocycles. The number of carbonyl (C=O) groups excluding carboxylic acids is 4. The zero-order valence-corrected chi connectivity index (χ0v) is 31.4. The smallest absolute Gasteiger partial charge is 0.411 e. The number of rotatable bonds is 16. The number of benzene rings is 3. The first-order valence-electron chi connectivity index (χ1n) is 18.4. The summed E-state index contributed by atoms with van der Waals surface area (Å²) < 4.78 is 16.0. The van der Waals surface area contributed by atoms with Crippen molar-refractivity contribution in [2.45, 2.75) is 64.3 Å². The van der Waals surface area contributed by atoms with Crippen LogP contribution in [0.25, 0.3) is 11.0 Å². The van der Waals surface area contributed by atoms with E-state index in [4.69, 9.17) is 19.6 Å². The molecule has 1 saturated heterocycles.